The molecule has 190 valence electrons. The summed E-state index contributed by atoms with van der Waals surface area (Å²) in [5.41, 5.74) is 9.59. The third-order valence-corrected chi connectivity index (χ3v) is 8.08. The molecule has 0 aliphatic heterocycles. The van der Waals surface area contributed by atoms with Gasteiger partial charge in [0, 0.05) is 27.5 Å². The van der Waals surface area contributed by atoms with Crippen molar-refractivity contribution in [1.82, 2.24) is 15.0 Å². The fraction of sp³-hybridized carbons (Fsp3) is 0. The van der Waals surface area contributed by atoms with Gasteiger partial charge in [0.25, 0.3) is 0 Å². The average molecular weight is 524 g/mol. The molecule has 0 fully saturated rings. The van der Waals surface area contributed by atoms with E-state index in [9.17, 15) is 0 Å². The Morgan fingerprint density at radius 2 is 0.951 bits per heavy atom. The molecule has 41 heavy (non-hydrogen) atoms. The summed E-state index contributed by atoms with van der Waals surface area (Å²) in [4.78, 5) is 14.9. The van der Waals surface area contributed by atoms with E-state index in [4.69, 9.17) is 19.4 Å². The maximum Gasteiger partial charge on any atom is 0.164 e. The summed E-state index contributed by atoms with van der Waals surface area (Å²) < 4.78 is 6.25. The number of rotatable bonds is 3. The summed E-state index contributed by atoms with van der Waals surface area (Å²) in [5, 5.41) is 4.63. The molecule has 0 unspecified atom stereocenters. The van der Waals surface area contributed by atoms with E-state index in [1.807, 2.05) is 72.8 Å². The first-order chi connectivity index (χ1) is 20.3. The Balaban J connectivity index is 1.29. The van der Waals surface area contributed by atoms with E-state index in [1.54, 1.807) is 0 Å². The molecule has 1 aliphatic rings. The fourth-order valence-electron chi connectivity index (χ4n) is 6.20. The fourth-order valence-corrected chi connectivity index (χ4v) is 6.20. The maximum absolute atomic E-state index is 6.25. The smallest absolute Gasteiger partial charge is 0.164 e. The highest BCUT2D eigenvalue weighted by molar-refractivity contribution is 6.21. The molecular formula is C37H21N3O. The Hall–Kier alpha value is -5.61. The third kappa shape index (κ3) is 3.31. The number of hydrogen-bond donors (Lipinski definition) is 0. The largest absolute Gasteiger partial charge is 0.456 e. The Labute approximate surface area is 235 Å². The molecular weight excluding hydrogens is 502 g/mol. The molecule has 0 saturated heterocycles. The summed E-state index contributed by atoms with van der Waals surface area (Å²) in [6.45, 7) is 0. The molecule has 9 rings (SSSR count). The van der Waals surface area contributed by atoms with Crippen LogP contribution in [0.3, 0.4) is 0 Å². The molecule has 0 bridgehead atoms. The molecule has 6 aromatic carbocycles. The van der Waals surface area contributed by atoms with Crippen LogP contribution in [0.5, 0.6) is 0 Å². The van der Waals surface area contributed by atoms with Crippen molar-refractivity contribution in [2.24, 2.45) is 0 Å². The lowest BCUT2D eigenvalue weighted by Gasteiger charge is -2.11. The molecule has 4 nitrogen and oxygen atoms in total. The van der Waals surface area contributed by atoms with Gasteiger partial charge in [0.15, 0.2) is 17.5 Å². The highest BCUT2D eigenvalue weighted by atomic mass is 16.3. The lowest BCUT2D eigenvalue weighted by Crippen LogP contribution is -2.00. The molecule has 0 N–H and O–H groups in total. The number of nitrogens with zero attached hydrogens (tertiary/aromatic N) is 3. The average Bonchev–Trinajstić information content (AvgIpc) is 3.57. The summed E-state index contributed by atoms with van der Waals surface area (Å²) in [5.74, 6) is 1.98. The van der Waals surface area contributed by atoms with Crippen molar-refractivity contribution >= 4 is 32.7 Å². The van der Waals surface area contributed by atoms with Gasteiger partial charge in [-0.15, -0.1) is 0 Å². The Bertz CT molecular complexity index is 2250. The Morgan fingerprint density at radius 3 is 1.71 bits per heavy atom. The monoisotopic (exact) mass is 523 g/mol. The van der Waals surface area contributed by atoms with Crippen LogP contribution in [0.25, 0.3) is 89.1 Å². The Morgan fingerprint density at radius 1 is 0.366 bits per heavy atom. The number of para-hydroxylation sites is 1. The first kappa shape index (κ1) is 22.2. The number of aromatic nitrogens is 3. The standard InChI is InChI=1S/C37H21N3O/c1-3-10-22(11-4-1)35-38-36(23-12-5-2-6-13-23)40-37(39-35)28-19-18-27-29-20-31-24-14-7-8-17-32(24)41-33(31)21-30(29)26-16-9-15-25(28)34(26)27/h1-21H. The summed E-state index contributed by atoms with van der Waals surface area (Å²) >= 11 is 0. The minimum absolute atomic E-state index is 0.660. The van der Waals surface area contributed by atoms with Gasteiger partial charge >= 0.3 is 0 Å². The summed E-state index contributed by atoms with van der Waals surface area (Å²) in [6.07, 6.45) is 0. The van der Waals surface area contributed by atoms with Gasteiger partial charge in [-0.3, -0.25) is 0 Å². The van der Waals surface area contributed by atoms with Crippen molar-refractivity contribution in [2.45, 2.75) is 0 Å². The molecule has 0 radical (unpaired) electrons. The van der Waals surface area contributed by atoms with E-state index >= 15 is 0 Å². The van der Waals surface area contributed by atoms with Crippen LogP contribution in [0.15, 0.2) is 132 Å². The predicted octanol–water partition coefficient (Wildman–Crippen LogP) is 9.57. The van der Waals surface area contributed by atoms with Crippen molar-refractivity contribution in [3.8, 4) is 56.4 Å². The van der Waals surface area contributed by atoms with Crippen LogP contribution in [0, 0.1) is 0 Å². The van der Waals surface area contributed by atoms with Gasteiger partial charge in [-0.2, -0.15) is 0 Å². The number of furan rings is 1. The topological polar surface area (TPSA) is 51.8 Å². The minimum atomic E-state index is 0.660. The molecule has 2 heterocycles. The van der Waals surface area contributed by atoms with Gasteiger partial charge in [0.05, 0.1) is 0 Å². The highest BCUT2D eigenvalue weighted by Gasteiger charge is 2.25. The second-order valence-electron chi connectivity index (χ2n) is 10.4. The second kappa shape index (κ2) is 8.44. The normalized spacial score (nSPS) is 11.9. The van der Waals surface area contributed by atoms with Crippen LogP contribution >= 0.6 is 0 Å². The molecule has 0 amide bonds. The van der Waals surface area contributed by atoms with Crippen molar-refractivity contribution in [3.63, 3.8) is 0 Å². The molecule has 0 saturated carbocycles. The van der Waals surface area contributed by atoms with E-state index < -0.39 is 0 Å². The Kier molecular flexibility index (Phi) is 4.58. The van der Waals surface area contributed by atoms with E-state index in [-0.39, 0.29) is 0 Å². The van der Waals surface area contributed by atoms with Crippen LogP contribution < -0.4 is 0 Å². The van der Waals surface area contributed by atoms with E-state index in [0.717, 1.165) is 44.0 Å². The molecule has 0 spiro atoms. The van der Waals surface area contributed by atoms with Crippen molar-refractivity contribution < 1.29 is 4.42 Å². The number of fused-ring (bicyclic) bond motifs is 6. The zero-order valence-electron chi connectivity index (χ0n) is 21.9. The quantitative estimate of drug-likeness (QED) is 0.231. The second-order valence-corrected chi connectivity index (χ2v) is 10.4. The third-order valence-electron chi connectivity index (χ3n) is 8.08. The van der Waals surface area contributed by atoms with Crippen LogP contribution in [-0.2, 0) is 0 Å². The van der Waals surface area contributed by atoms with Crippen molar-refractivity contribution in [1.29, 1.82) is 0 Å². The van der Waals surface area contributed by atoms with E-state index in [1.165, 1.54) is 27.6 Å². The zero-order valence-corrected chi connectivity index (χ0v) is 21.9. The van der Waals surface area contributed by atoms with Gasteiger partial charge in [0.2, 0.25) is 0 Å². The first-order valence-electron chi connectivity index (χ1n) is 13.7. The molecule has 2 aromatic heterocycles. The van der Waals surface area contributed by atoms with Crippen molar-refractivity contribution in [3.05, 3.63) is 127 Å². The van der Waals surface area contributed by atoms with E-state index in [2.05, 4.69) is 54.6 Å². The zero-order chi connectivity index (χ0) is 26.9. The van der Waals surface area contributed by atoms with Gasteiger partial charge in [-0.25, -0.2) is 15.0 Å². The molecule has 0 atom stereocenters. The SMILES string of the molecule is c1ccc(-c2nc(-c3ccccc3)nc(-c3ccc4c5c(cccc35)-c3cc5oc6ccccc6c5cc3-4)n2)cc1. The van der Waals surface area contributed by atoms with Gasteiger partial charge in [-0.1, -0.05) is 103 Å². The number of hydrogen-bond acceptors (Lipinski definition) is 4. The van der Waals surface area contributed by atoms with Crippen LogP contribution in [0.4, 0.5) is 0 Å². The summed E-state index contributed by atoms with van der Waals surface area (Å²) in [7, 11) is 0. The maximum atomic E-state index is 6.25. The predicted molar refractivity (Wildman–Crippen MR) is 165 cm³/mol. The van der Waals surface area contributed by atoms with Crippen LogP contribution in [-0.4, -0.2) is 15.0 Å². The lowest BCUT2D eigenvalue weighted by atomic mass is 9.98. The first-order valence-corrected chi connectivity index (χ1v) is 13.7. The summed E-state index contributed by atoms with van der Waals surface area (Å²) in [6, 6.07) is 43.8. The van der Waals surface area contributed by atoms with Gasteiger partial charge in [0.1, 0.15) is 11.2 Å². The van der Waals surface area contributed by atoms with Crippen LogP contribution in [0.2, 0.25) is 0 Å². The number of benzene rings is 6. The minimum Gasteiger partial charge on any atom is -0.456 e. The molecule has 8 aromatic rings. The van der Waals surface area contributed by atoms with Crippen molar-refractivity contribution in [2.75, 3.05) is 0 Å². The van der Waals surface area contributed by atoms with E-state index in [0.29, 0.717) is 17.5 Å². The van der Waals surface area contributed by atoms with Gasteiger partial charge in [-0.05, 0) is 57.3 Å². The van der Waals surface area contributed by atoms with Crippen LogP contribution in [0.1, 0.15) is 0 Å². The lowest BCUT2D eigenvalue weighted by molar-refractivity contribution is 0.669. The molecule has 1 aliphatic carbocycles. The highest BCUT2D eigenvalue weighted by Crippen LogP contribution is 2.51. The molecule has 4 heteroatoms. The van der Waals surface area contributed by atoms with Gasteiger partial charge < -0.3 is 4.42 Å².